The molecular weight excluding hydrogens is 332 g/mol. The largest absolute Gasteiger partial charge is 0.468 e. The van der Waals surface area contributed by atoms with Crippen molar-refractivity contribution in [3.63, 3.8) is 0 Å². The van der Waals surface area contributed by atoms with E-state index in [1.807, 2.05) is 24.3 Å². The maximum Gasteiger partial charge on any atom is 0.329 e. The van der Waals surface area contributed by atoms with Gasteiger partial charge in [0.1, 0.15) is 5.69 Å². The first-order chi connectivity index (χ1) is 12.6. The Hall–Kier alpha value is -2.72. The molecule has 1 heterocycles. The van der Waals surface area contributed by atoms with E-state index in [1.54, 1.807) is 6.07 Å². The molecule has 1 fully saturated rings. The van der Waals surface area contributed by atoms with E-state index in [1.165, 1.54) is 7.11 Å². The van der Waals surface area contributed by atoms with Crippen LogP contribution in [0.3, 0.4) is 0 Å². The Bertz CT molecular complexity index is 840. The smallest absolute Gasteiger partial charge is 0.329 e. The van der Waals surface area contributed by atoms with Crippen LogP contribution < -0.4 is 5.32 Å². The number of nitrogens with zero attached hydrogens (tertiary/aromatic N) is 3. The van der Waals surface area contributed by atoms with Crippen molar-refractivity contribution >= 4 is 22.8 Å². The summed E-state index contributed by atoms with van der Waals surface area (Å²) in [6, 6.07) is 9.19. The van der Waals surface area contributed by atoms with Gasteiger partial charge < -0.3 is 15.2 Å². The average Bonchev–Trinajstić information content (AvgIpc) is 2.67. The van der Waals surface area contributed by atoms with Crippen molar-refractivity contribution in [3.8, 4) is 6.07 Å². The van der Waals surface area contributed by atoms with Crippen LogP contribution in [0.5, 0.6) is 0 Å². The number of benzene rings is 1. The van der Waals surface area contributed by atoms with E-state index >= 15 is 0 Å². The van der Waals surface area contributed by atoms with E-state index in [9.17, 15) is 15.2 Å². The lowest BCUT2D eigenvalue weighted by Gasteiger charge is -2.32. The quantitative estimate of drug-likeness (QED) is 0.794. The summed E-state index contributed by atoms with van der Waals surface area (Å²) in [4.78, 5) is 21.0. The van der Waals surface area contributed by atoms with Crippen molar-refractivity contribution in [2.75, 3.05) is 19.0 Å². The van der Waals surface area contributed by atoms with Gasteiger partial charge in [-0.05, 0) is 25.0 Å². The number of nitriles is 1. The van der Waals surface area contributed by atoms with Crippen molar-refractivity contribution in [2.24, 2.45) is 0 Å². The lowest BCUT2D eigenvalue weighted by Crippen LogP contribution is -2.39. The number of methoxy groups -OCH3 is 1. The minimum Gasteiger partial charge on any atom is -0.468 e. The number of esters is 1. The van der Waals surface area contributed by atoms with Crippen LogP contribution in [0.15, 0.2) is 24.3 Å². The van der Waals surface area contributed by atoms with Crippen LogP contribution in [0.25, 0.3) is 11.0 Å². The van der Waals surface area contributed by atoms with Crippen LogP contribution in [0.2, 0.25) is 0 Å². The van der Waals surface area contributed by atoms with Gasteiger partial charge in [0.05, 0.1) is 29.8 Å². The Balaban J connectivity index is 1.97. The predicted molar refractivity (Wildman–Crippen MR) is 96.4 cm³/mol. The summed E-state index contributed by atoms with van der Waals surface area (Å²) in [6.45, 7) is 0.298. The molecule has 2 N–H and O–H groups in total. The molecule has 26 heavy (non-hydrogen) atoms. The summed E-state index contributed by atoms with van der Waals surface area (Å²) in [5, 5.41) is 23.3. The van der Waals surface area contributed by atoms with E-state index in [4.69, 9.17) is 4.74 Å². The molecule has 1 atom stereocenters. The third kappa shape index (κ3) is 3.75. The van der Waals surface area contributed by atoms with E-state index in [0.29, 0.717) is 23.4 Å². The molecule has 0 amide bonds. The van der Waals surface area contributed by atoms with Gasteiger partial charge in [-0.25, -0.2) is 9.97 Å². The summed E-state index contributed by atoms with van der Waals surface area (Å²) < 4.78 is 4.73. The zero-order valence-electron chi connectivity index (χ0n) is 14.7. The molecule has 3 rings (SSSR count). The number of anilines is 1. The molecule has 0 bridgehead atoms. The molecule has 7 nitrogen and oxygen atoms in total. The van der Waals surface area contributed by atoms with Crippen molar-refractivity contribution in [1.82, 2.24) is 9.97 Å². The number of carbonyl (C=O) groups excluding carboxylic acids is 1. The maximum atomic E-state index is 12.0. The molecule has 7 heteroatoms. The fourth-order valence-corrected chi connectivity index (χ4v) is 3.32. The Morgan fingerprint density at radius 3 is 2.58 bits per heavy atom. The van der Waals surface area contributed by atoms with Crippen molar-refractivity contribution in [2.45, 2.75) is 43.6 Å². The van der Waals surface area contributed by atoms with E-state index < -0.39 is 17.5 Å². The van der Waals surface area contributed by atoms with Gasteiger partial charge in [0.15, 0.2) is 11.7 Å². The zero-order valence-corrected chi connectivity index (χ0v) is 14.7. The number of fused-ring (bicyclic) bond motifs is 1. The fourth-order valence-electron chi connectivity index (χ4n) is 3.32. The summed E-state index contributed by atoms with van der Waals surface area (Å²) in [5.41, 5.74) is 0.651. The summed E-state index contributed by atoms with van der Waals surface area (Å²) in [5.74, 6) is -1.53. The molecule has 0 spiro atoms. The first kappa shape index (κ1) is 18.1. The van der Waals surface area contributed by atoms with Gasteiger partial charge >= 0.3 is 5.97 Å². The topological polar surface area (TPSA) is 108 Å². The molecule has 1 aromatic carbocycles. The third-order valence-electron chi connectivity index (χ3n) is 4.81. The second-order valence-corrected chi connectivity index (χ2v) is 6.67. The number of para-hydroxylation sites is 2. The number of hydrogen-bond donors (Lipinski definition) is 2. The third-order valence-corrected chi connectivity index (χ3v) is 4.81. The fraction of sp³-hybridized carbons (Fsp3) is 0.474. The average molecular weight is 354 g/mol. The molecule has 1 saturated carbocycles. The monoisotopic (exact) mass is 354 g/mol. The summed E-state index contributed by atoms with van der Waals surface area (Å²) in [7, 11) is 1.24. The van der Waals surface area contributed by atoms with Crippen LogP contribution in [-0.2, 0) is 9.53 Å². The van der Waals surface area contributed by atoms with Crippen LogP contribution in [0, 0.1) is 11.3 Å². The molecule has 136 valence electrons. The lowest BCUT2D eigenvalue weighted by molar-refractivity contribution is -0.141. The number of carbonyl (C=O) groups is 1. The maximum absolute atomic E-state index is 12.0. The highest BCUT2D eigenvalue weighted by Gasteiger charge is 2.31. The highest BCUT2D eigenvalue weighted by molar-refractivity contribution is 5.84. The minimum atomic E-state index is -1.18. The van der Waals surface area contributed by atoms with Gasteiger partial charge in [-0.2, -0.15) is 5.26 Å². The Morgan fingerprint density at radius 1 is 1.31 bits per heavy atom. The number of nitrogens with one attached hydrogen (secondary N) is 1. The molecule has 1 aromatic heterocycles. The van der Waals surface area contributed by atoms with Gasteiger partial charge in [-0.3, -0.25) is 4.79 Å². The predicted octanol–water partition coefficient (Wildman–Crippen LogP) is 2.52. The van der Waals surface area contributed by atoms with Crippen molar-refractivity contribution in [3.05, 3.63) is 30.0 Å². The highest BCUT2D eigenvalue weighted by Crippen LogP contribution is 2.30. The Kier molecular flexibility index (Phi) is 5.33. The molecule has 0 aliphatic heterocycles. The molecule has 0 saturated heterocycles. The Labute approximate surface area is 152 Å². The summed E-state index contributed by atoms with van der Waals surface area (Å²) in [6.07, 6.45) is 4.53. The standard InChI is InChI=1S/C19H22N4O3/c1-26-18(24)13(11-20)16-17(21-12-19(25)9-5-2-6-10-19)23-15-8-4-3-7-14(15)22-16/h3-4,7-8,13,25H,2,5-6,9-10,12H2,1H3,(H,21,23)/t13-/m0/s1. The van der Waals surface area contributed by atoms with Crippen LogP contribution in [0.1, 0.15) is 43.7 Å². The van der Waals surface area contributed by atoms with Gasteiger partial charge in [-0.1, -0.05) is 31.4 Å². The normalized spacial score (nSPS) is 17.3. The minimum absolute atomic E-state index is 0.220. The van der Waals surface area contributed by atoms with Gasteiger partial charge in [0.25, 0.3) is 0 Å². The van der Waals surface area contributed by atoms with E-state index in [-0.39, 0.29) is 5.69 Å². The van der Waals surface area contributed by atoms with Crippen molar-refractivity contribution < 1.29 is 14.6 Å². The van der Waals surface area contributed by atoms with Crippen LogP contribution in [0.4, 0.5) is 5.82 Å². The first-order valence-corrected chi connectivity index (χ1v) is 8.77. The lowest BCUT2D eigenvalue weighted by atomic mass is 9.85. The highest BCUT2D eigenvalue weighted by atomic mass is 16.5. The number of aliphatic hydroxyl groups is 1. The molecule has 0 radical (unpaired) electrons. The van der Waals surface area contributed by atoms with Gasteiger partial charge in [0.2, 0.25) is 0 Å². The first-order valence-electron chi connectivity index (χ1n) is 8.77. The van der Waals surface area contributed by atoms with Crippen LogP contribution in [-0.4, -0.2) is 40.3 Å². The summed E-state index contributed by atoms with van der Waals surface area (Å²) >= 11 is 0. The van der Waals surface area contributed by atoms with Gasteiger partial charge in [-0.15, -0.1) is 0 Å². The molecular formula is C19H22N4O3. The van der Waals surface area contributed by atoms with Crippen molar-refractivity contribution in [1.29, 1.82) is 5.26 Å². The number of ether oxygens (including phenoxy) is 1. The molecule has 0 unspecified atom stereocenters. The zero-order chi connectivity index (χ0) is 18.6. The van der Waals surface area contributed by atoms with Crippen LogP contribution >= 0.6 is 0 Å². The second kappa shape index (κ2) is 7.67. The van der Waals surface area contributed by atoms with E-state index in [0.717, 1.165) is 32.1 Å². The molecule has 2 aromatic rings. The van der Waals surface area contributed by atoms with Gasteiger partial charge in [0, 0.05) is 6.54 Å². The SMILES string of the molecule is COC(=O)[C@@H](C#N)c1nc2ccccc2nc1NCC1(O)CCCCC1. The van der Waals surface area contributed by atoms with E-state index in [2.05, 4.69) is 15.3 Å². The number of hydrogen-bond acceptors (Lipinski definition) is 7. The number of aromatic nitrogens is 2. The second-order valence-electron chi connectivity index (χ2n) is 6.67. The molecule has 1 aliphatic carbocycles. The molecule has 1 aliphatic rings. The Morgan fingerprint density at radius 2 is 1.96 bits per heavy atom. The number of rotatable bonds is 5.